The van der Waals surface area contributed by atoms with Crippen molar-refractivity contribution < 1.29 is 23.4 Å². The number of benzene rings is 1. The summed E-state index contributed by atoms with van der Waals surface area (Å²) in [6, 6.07) is 5.99. The molecule has 0 amide bonds. The van der Waals surface area contributed by atoms with Gasteiger partial charge >= 0.3 is 5.97 Å². The zero-order valence-electron chi connectivity index (χ0n) is 9.67. The summed E-state index contributed by atoms with van der Waals surface area (Å²) in [6.07, 6.45) is 0.370. The Morgan fingerprint density at radius 2 is 1.83 bits per heavy atom. The van der Waals surface area contributed by atoms with Crippen LogP contribution in [0.15, 0.2) is 29.2 Å². The molecule has 1 rings (SSSR count). The van der Waals surface area contributed by atoms with Crippen molar-refractivity contribution in [3.63, 3.8) is 0 Å². The van der Waals surface area contributed by atoms with Crippen LogP contribution in [0.3, 0.4) is 0 Å². The molecule has 6 nitrogen and oxygen atoms in total. The van der Waals surface area contributed by atoms with E-state index in [0.717, 1.165) is 5.56 Å². The fourth-order valence-corrected chi connectivity index (χ4v) is 2.37. The minimum atomic E-state index is -3.60. The standard InChI is InChI=1S/C11H15NO5S/c13-8-7-12-18(16,17)10-4-1-9(2-5-10)3-6-11(14)15/h1-2,4-5,12-13H,3,6-8H2,(H,14,15). The van der Waals surface area contributed by atoms with Gasteiger partial charge in [-0.15, -0.1) is 0 Å². The topological polar surface area (TPSA) is 104 Å². The summed E-state index contributed by atoms with van der Waals surface area (Å²) in [7, 11) is -3.60. The van der Waals surface area contributed by atoms with Gasteiger partial charge in [0.2, 0.25) is 10.0 Å². The second-order valence-corrected chi connectivity index (χ2v) is 5.43. The van der Waals surface area contributed by atoms with Crippen LogP contribution in [0.2, 0.25) is 0 Å². The number of aliphatic carboxylic acids is 1. The monoisotopic (exact) mass is 273 g/mol. The van der Waals surface area contributed by atoms with Crippen molar-refractivity contribution in [2.45, 2.75) is 17.7 Å². The van der Waals surface area contributed by atoms with Crippen molar-refractivity contribution in [2.75, 3.05) is 13.2 Å². The first-order chi connectivity index (χ1) is 8.45. The molecular formula is C11H15NO5S. The molecule has 0 saturated heterocycles. The smallest absolute Gasteiger partial charge is 0.303 e. The van der Waals surface area contributed by atoms with Crippen LogP contribution in [0.5, 0.6) is 0 Å². The highest BCUT2D eigenvalue weighted by molar-refractivity contribution is 7.89. The number of carboxylic acid groups (broad SMARTS) is 1. The zero-order chi connectivity index (χ0) is 13.6. The maximum Gasteiger partial charge on any atom is 0.303 e. The Morgan fingerprint density at radius 3 is 2.33 bits per heavy atom. The molecule has 3 N–H and O–H groups in total. The molecule has 0 spiro atoms. The predicted molar refractivity (Wildman–Crippen MR) is 64.7 cm³/mol. The number of aryl methyl sites for hydroxylation is 1. The molecule has 1 aromatic carbocycles. The van der Waals surface area contributed by atoms with Gasteiger partial charge < -0.3 is 10.2 Å². The molecule has 0 aliphatic rings. The van der Waals surface area contributed by atoms with E-state index < -0.39 is 16.0 Å². The first-order valence-electron chi connectivity index (χ1n) is 5.37. The maximum absolute atomic E-state index is 11.7. The third-order valence-electron chi connectivity index (χ3n) is 2.27. The number of nitrogens with one attached hydrogen (secondary N) is 1. The molecule has 18 heavy (non-hydrogen) atoms. The summed E-state index contributed by atoms with van der Waals surface area (Å²) in [5, 5.41) is 17.1. The van der Waals surface area contributed by atoms with Crippen molar-refractivity contribution in [1.82, 2.24) is 4.72 Å². The molecule has 0 aliphatic carbocycles. The Kier molecular flexibility index (Phi) is 5.26. The van der Waals surface area contributed by atoms with E-state index in [1.807, 2.05) is 0 Å². The van der Waals surface area contributed by atoms with E-state index in [9.17, 15) is 13.2 Å². The highest BCUT2D eigenvalue weighted by Crippen LogP contribution is 2.11. The second kappa shape index (κ2) is 6.48. The highest BCUT2D eigenvalue weighted by atomic mass is 32.2. The Labute approximate surface area is 105 Å². The predicted octanol–water partition coefficient (Wildman–Crippen LogP) is -0.0256. The lowest BCUT2D eigenvalue weighted by Gasteiger charge is -2.06. The van der Waals surface area contributed by atoms with Crippen LogP contribution in [0.25, 0.3) is 0 Å². The molecule has 7 heteroatoms. The van der Waals surface area contributed by atoms with E-state index in [4.69, 9.17) is 10.2 Å². The molecule has 100 valence electrons. The summed E-state index contributed by atoms with van der Waals surface area (Å²) < 4.78 is 25.5. The van der Waals surface area contributed by atoms with E-state index in [0.29, 0.717) is 6.42 Å². The van der Waals surface area contributed by atoms with Crippen molar-refractivity contribution in [3.8, 4) is 0 Å². The molecule has 0 aromatic heterocycles. The van der Waals surface area contributed by atoms with Crippen molar-refractivity contribution in [2.24, 2.45) is 0 Å². The molecule has 0 atom stereocenters. The molecule has 0 bridgehead atoms. The first kappa shape index (κ1) is 14.6. The van der Waals surface area contributed by atoms with Crippen LogP contribution in [0.4, 0.5) is 0 Å². The number of aliphatic hydroxyl groups is 1. The van der Waals surface area contributed by atoms with Crippen molar-refractivity contribution in [1.29, 1.82) is 0 Å². The molecule has 0 aliphatic heterocycles. The fraction of sp³-hybridized carbons (Fsp3) is 0.364. The third-order valence-corrected chi connectivity index (χ3v) is 3.74. The number of carbonyl (C=O) groups is 1. The third kappa shape index (κ3) is 4.44. The number of carboxylic acids is 1. The normalized spacial score (nSPS) is 11.4. The number of aliphatic hydroxyl groups excluding tert-OH is 1. The van der Waals surface area contributed by atoms with Gasteiger partial charge in [0.25, 0.3) is 0 Å². The fourth-order valence-electron chi connectivity index (χ4n) is 1.35. The van der Waals surface area contributed by atoms with Crippen LogP contribution in [0.1, 0.15) is 12.0 Å². The molecule has 0 fully saturated rings. The highest BCUT2D eigenvalue weighted by Gasteiger charge is 2.12. The molecule has 0 heterocycles. The van der Waals surface area contributed by atoms with Crippen LogP contribution < -0.4 is 4.72 Å². The average molecular weight is 273 g/mol. The summed E-state index contributed by atoms with van der Waals surface area (Å²) in [5.41, 5.74) is 0.763. The van der Waals surface area contributed by atoms with Crippen LogP contribution in [-0.2, 0) is 21.2 Å². The van der Waals surface area contributed by atoms with Gasteiger partial charge in [0.15, 0.2) is 0 Å². The minimum Gasteiger partial charge on any atom is -0.481 e. The lowest BCUT2D eigenvalue weighted by atomic mass is 10.1. The van der Waals surface area contributed by atoms with E-state index in [1.165, 1.54) is 12.1 Å². The molecule has 1 aromatic rings. The summed E-state index contributed by atoms with van der Waals surface area (Å²) in [6.45, 7) is -0.307. The van der Waals surface area contributed by atoms with E-state index in [2.05, 4.69) is 4.72 Å². The molecular weight excluding hydrogens is 258 g/mol. The summed E-state index contributed by atoms with van der Waals surface area (Å²) in [5.74, 6) is -0.892. The average Bonchev–Trinajstić information content (AvgIpc) is 2.34. The van der Waals surface area contributed by atoms with Gasteiger partial charge in [-0.1, -0.05) is 12.1 Å². The Balaban J connectivity index is 2.73. The van der Waals surface area contributed by atoms with Gasteiger partial charge in [-0.05, 0) is 24.1 Å². The Hall–Kier alpha value is -1.44. The largest absolute Gasteiger partial charge is 0.481 e. The number of rotatable bonds is 7. The lowest BCUT2D eigenvalue weighted by molar-refractivity contribution is -0.136. The second-order valence-electron chi connectivity index (χ2n) is 3.66. The van der Waals surface area contributed by atoms with Gasteiger partial charge in [-0.3, -0.25) is 4.79 Å². The van der Waals surface area contributed by atoms with Gasteiger partial charge in [0, 0.05) is 13.0 Å². The van der Waals surface area contributed by atoms with Crippen molar-refractivity contribution in [3.05, 3.63) is 29.8 Å². The van der Waals surface area contributed by atoms with E-state index in [1.54, 1.807) is 12.1 Å². The molecule has 0 radical (unpaired) electrons. The van der Waals surface area contributed by atoms with Crippen LogP contribution in [0, 0.1) is 0 Å². The van der Waals surface area contributed by atoms with Crippen molar-refractivity contribution >= 4 is 16.0 Å². The van der Waals surface area contributed by atoms with E-state index in [-0.39, 0.29) is 24.5 Å². The van der Waals surface area contributed by atoms with Gasteiger partial charge in [0.05, 0.1) is 11.5 Å². The zero-order valence-corrected chi connectivity index (χ0v) is 10.5. The van der Waals surface area contributed by atoms with Crippen LogP contribution >= 0.6 is 0 Å². The van der Waals surface area contributed by atoms with Gasteiger partial charge in [0.1, 0.15) is 0 Å². The molecule has 0 saturated carbocycles. The SMILES string of the molecule is O=C(O)CCc1ccc(S(=O)(=O)NCCO)cc1. The lowest BCUT2D eigenvalue weighted by Crippen LogP contribution is -2.26. The van der Waals surface area contributed by atoms with Gasteiger partial charge in [-0.2, -0.15) is 0 Å². The summed E-state index contributed by atoms with van der Waals surface area (Å²) in [4.78, 5) is 10.5. The minimum absolute atomic E-state index is 0.00879. The number of hydrogen-bond acceptors (Lipinski definition) is 4. The van der Waals surface area contributed by atoms with Crippen LogP contribution in [-0.4, -0.2) is 37.8 Å². The first-order valence-corrected chi connectivity index (χ1v) is 6.85. The number of sulfonamides is 1. The quantitative estimate of drug-likeness (QED) is 0.647. The Morgan fingerprint density at radius 1 is 1.22 bits per heavy atom. The summed E-state index contributed by atoms with van der Waals surface area (Å²) >= 11 is 0. The van der Waals surface area contributed by atoms with E-state index >= 15 is 0 Å². The maximum atomic E-state index is 11.7. The number of hydrogen-bond donors (Lipinski definition) is 3. The Bertz CT molecular complexity index is 495. The molecule has 0 unspecified atom stereocenters. The van der Waals surface area contributed by atoms with Gasteiger partial charge in [-0.25, -0.2) is 13.1 Å².